The molecule has 0 radical (unpaired) electrons. The fourth-order valence-corrected chi connectivity index (χ4v) is 0.803. The van der Waals surface area contributed by atoms with Crippen molar-refractivity contribution in [2.24, 2.45) is 0 Å². The van der Waals surface area contributed by atoms with Gasteiger partial charge in [-0.2, -0.15) is 0 Å². The summed E-state index contributed by atoms with van der Waals surface area (Å²) in [6, 6.07) is 0. The van der Waals surface area contributed by atoms with Crippen LogP contribution in [-0.4, -0.2) is 0 Å². The van der Waals surface area contributed by atoms with Crippen molar-refractivity contribution in [2.75, 3.05) is 0 Å². The largest absolute Gasteiger partial charge is 0.0876 e. The normalized spacial score (nSPS) is 12.2. The zero-order valence-electron chi connectivity index (χ0n) is 6.69. The van der Waals surface area contributed by atoms with Gasteiger partial charge in [-0.05, 0) is 32.9 Å². The van der Waals surface area contributed by atoms with Gasteiger partial charge in [0.05, 0.1) is 0 Å². The molecule has 0 nitrogen and oxygen atoms in total. The molecule has 0 aliphatic carbocycles. The van der Waals surface area contributed by atoms with Crippen molar-refractivity contribution in [3.05, 3.63) is 34.9 Å². The molecule has 0 atom stereocenters. The fraction of sp³-hybridized carbons (Fsp3) is 0.333. The molecule has 0 spiro atoms. The molecule has 0 saturated heterocycles. The summed E-state index contributed by atoms with van der Waals surface area (Å²) in [4.78, 5) is 0. The Labute approximate surface area is 67.9 Å². The lowest BCUT2D eigenvalue weighted by Gasteiger charge is -1.87. The van der Waals surface area contributed by atoms with E-state index in [0.717, 1.165) is 5.03 Å². The summed E-state index contributed by atoms with van der Waals surface area (Å²) in [6.07, 6.45) is 7.67. The average molecular weight is 157 g/mol. The summed E-state index contributed by atoms with van der Waals surface area (Å²) in [6.45, 7) is 6.00. The predicted octanol–water partition coefficient (Wildman–Crippen LogP) is 3.65. The van der Waals surface area contributed by atoms with Crippen molar-refractivity contribution >= 4 is 11.6 Å². The molecule has 0 aromatic rings. The van der Waals surface area contributed by atoms with E-state index in [1.165, 1.54) is 5.57 Å². The molecule has 0 aromatic carbocycles. The quantitative estimate of drug-likeness (QED) is 0.536. The fourth-order valence-electron chi connectivity index (χ4n) is 0.512. The van der Waals surface area contributed by atoms with E-state index in [2.05, 4.69) is 0 Å². The third kappa shape index (κ3) is 5.64. The maximum atomic E-state index is 5.79. The molecule has 0 saturated carbocycles. The minimum Gasteiger partial charge on any atom is -0.0876 e. The Morgan fingerprint density at radius 2 is 1.90 bits per heavy atom. The van der Waals surface area contributed by atoms with Gasteiger partial charge in [-0.1, -0.05) is 29.3 Å². The van der Waals surface area contributed by atoms with Gasteiger partial charge in [0.25, 0.3) is 0 Å². The molecular formula is C9H13Cl. The summed E-state index contributed by atoms with van der Waals surface area (Å²) < 4.78 is 0. The topological polar surface area (TPSA) is 0 Å². The maximum Gasteiger partial charge on any atom is 0.0405 e. The predicted molar refractivity (Wildman–Crippen MR) is 48.2 cm³/mol. The zero-order chi connectivity index (χ0) is 7.98. The molecule has 10 heavy (non-hydrogen) atoms. The molecule has 0 amide bonds. The van der Waals surface area contributed by atoms with Crippen molar-refractivity contribution < 1.29 is 0 Å². The first-order valence-corrected chi connectivity index (χ1v) is 3.68. The molecule has 0 heterocycles. The standard InChI is InChI=1S/C9H13Cl/c1-4-5-6-9(10)7-8(2)3/h4-7H,1-3H3/b5-4+,9-6+. The van der Waals surface area contributed by atoms with E-state index in [-0.39, 0.29) is 0 Å². The van der Waals surface area contributed by atoms with E-state index in [1.807, 2.05) is 45.1 Å². The van der Waals surface area contributed by atoms with Gasteiger partial charge in [0.15, 0.2) is 0 Å². The van der Waals surface area contributed by atoms with Crippen LogP contribution in [0, 0.1) is 0 Å². The second-order valence-corrected chi connectivity index (χ2v) is 2.74. The Morgan fingerprint density at radius 3 is 2.30 bits per heavy atom. The first-order chi connectivity index (χ1) is 4.66. The lowest BCUT2D eigenvalue weighted by atomic mass is 10.3. The summed E-state index contributed by atoms with van der Waals surface area (Å²) in [5.74, 6) is 0. The van der Waals surface area contributed by atoms with E-state index in [1.54, 1.807) is 0 Å². The molecule has 0 aromatic heterocycles. The molecular weight excluding hydrogens is 144 g/mol. The van der Waals surface area contributed by atoms with Crippen LogP contribution in [0.4, 0.5) is 0 Å². The van der Waals surface area contributed by atoms with E-state index in [4.69, 9.17) is 11.6 Å². The van der Waals surface area contributed by atoms with Crippen LogP contribution in [0.15, 0.2) is 34.9 Å². The maximum absolute atomic E-state index is 5.79. The monoisotopic (exact) mass is 156 g/mol. The number of rotatable bonds is 2. The van der Waals surface area contributed by atoms with Crippen LogP contribution in [0.1, 0.15) is 20.8 Å². The number of halogens is 1. The summed E-state index contributed by atoms with van der Waals surface area (Å²) in [5, 5.41) is 0.776. The molecule has 0 bridgehead atoms. The SMILES string of the molecule is C/C=C/C=C(/Cl)C=C(C)C. The number of allylic oxidation sites excluding steroid dienone is 6. The van der Waals surface area contributed by atoms with Gasteiger partial charge in [-0.3, -0.25) is 0 Å². The van der Waals surface area contributed by atoms with Crippen LogP contribution in [0.2, 0.25) is 0 Å². The van der Waals surface area contributed by atoms with E-state index < -0.39 is 0 Å². The Kier molecular flexibility index (Phi) is 5.05. The van der Waals surface area contributed by atoms with Crippen LogP contribution in [0.25, 0.3) is 0 Å². The van der Waals surface area contributed by atoms with Gasteiger partial charge in [-0.25, -0.2) is 0 Å². The molecule has 0 aliphatic rings. The molecule has 56 valence electrons. The number of hydrogen-bond acceptors (Lipinski definition) is 0. The third-order valence-electron chi connectivity index (χ3n) is 0.874. The molecule has 0 N–H and O–H groups in total. The Hall–Kier alpha value is -0.490. The van der Waals surface area contributed by atoms with Gasteiger partial charge >= 0.3 is 0 Å². The lowest BCUT2D eigenvalue weighted by Crippen LogP contribution is -1.65. The highest BCUT2D eigenvalue weighted by molar-refractivity contribution is 6.31. The second-order valence-electron chi connectivity index (χ2n) is 2.30. The Balaban J connectivity index is 4.08. The van der Waals surface area contributed by atoms with Crippen LogP contribution < -0.4 is 0 Å². The van der Waals surface area contributed by atoms with Crippen LogP contribution in [0.5, 0.6) is 0 Å². The summed E-state index contributed by atoms with van der Waals surface area (Å²) in [5.41, 5.74) is 1.21. The van der Waals surface area contributed by atoms with Gasteiger partial charge in [0.2, 0.25) is 0 Å². The molecule has 1 heteroatoms. The van der Waals surface area contributed by atoms with Crippen LogP contribution in [0.3, 0.4) is 0 Å². The first-order valence-electron chi connectivity index (χ1n) is 3.30. The average Bonchev–Trinajstić information content (AvgIpc) is 1.82. The Morgan fingerprint density at radius 1 is 1.30 bits per heavy atom. The Bertz CT molecular complexity index is 169. The van der Waals surface area contributed by atoms with Crippen molar-refractivity contribution in [1.82, 2.24) is 0 Å². The third-order valence-corrected chi connectivity index (χ3v) is 1.11. The second kappa shape index (κ2) is 5.31. The molecule has 0 rings (SSSR count). The van der Waals surface area contributed by atoms with Crippen molar-refractivity contribution in [3.8, 4) is 0 Å². The molecule has 0 unspecified atom stereocenters. The van der Waals surface area contributed by atoms with Crippen molar-refractivity contribution in [2.45, 2.75) is 20.8 Å². The molecule has 0 aliphatic heterocycles. The minimum atomic E-state index is 0.776. The summed E-state index contributed by atoms with van der Waals surface area (Å²) >= 11 is 5.79. The van der Waals surface area contributed by atoms with Crippen LogP contribution in [-0.2, 0) is 0 Å². The highest BCUT2D eigenvalue weighted by Crippen LogP contribution is 2.06. The van der Waals surface area contributed by atoms with Gasteiger partial charge in [0.1, 0.15) is 0 Å². The van der Waals surface area contributed by atoms with Crippen molar-refractivity contribution in [1.29, 1.82) is 0 Å². The van der Waals surface area contributed by atoms with Crippen molar-refractivity contribution in [3.63, 3.8) is 0 Å². The van der Waals surface area contributed by atoms with Crippen LogP contribution >= 0.6 is 11.6 Å². The lowest BCUT2D eigenvalue weighted by molar-refractivity contribution is 1.39. The zero-order valence-corrected chi connectivity index (χ0v) is 7.44. The minimum absolute atomic E-state index is 0.776. The van der Waals surface area contributed by atoms with Gasteiger partial charge < -0.3 is 0 Å². The smallest absolute Gasteiger partial charge is 0.0405 e. The number of hydrogen-bond donors (Lipinski definition) is 0. The van der Waals surface area contributed by atoms with E-state index in [9.17, 15) is 0 Å². The van der Waals surface area contributed by atoms with E-state index in [0.29, 0.717) is 0 Å². The first kappa shape index (κ1) is 9.51. The van der Waals surface area contributed by atoms with Gasteiger partial charge in [0, 0.05) is 5.03 Å². The highest BCUT2D eigenvalue weighted by Gasteiger charge is 1.81. The molecule has 0 fully saturated rings. The summed E-state index contributed by atoms with van der Waals surface area (Å²) in [7, 11) is 0. The highest BCUT2D eigenvalue weighted by atomic mass is 35.5. The van der Waals surface area contributed by atoms with Gasteiger partial charge in [-0.15, -0.1) is 0 Å². The van der Waals surface area contributed by atoms with E-state index >= 15 is 0 Å².